The Labute approximate surface area is 336 Å². The van der Waals surface area contributed by atoms with E-state index < -0.39 is 81.5 Å². The van der Waals surface area contributed by atoms with E-state index in [0.29, 0.717) is 36.8 Å². The van der Waals surface area contributed by atoms with Crippen molar-refractivity contribution in [3.05, 3.63) is 63.8 Å². The van der Waals surface area contributed by atoms with Crippen molar-refractivity contribution >= 4 is 35.7 Å². The maximum absolute atomic E-state index is 17.8. The molecule has 1 aromatic rings. The Balaban J connectivity index is 1.30. The first-order valence-electron chi connectivity index (χ1n) is 19.6. The van der Waals surface area contributed by atoms with Gasteiger partial charge in [0.2, 0.25) is 5.78 Å². The van der Waals surface area contributed by atoms with Crippen LogP contribution in [0, 0.1) is 38.7 Å². The average molecular weight is 814 g/mol. The van der Waals surface area contributed by atoms with Gasteiger partial charge in [-0.25, -0.2) is 14.0 Å². The number of carbonyl (C=O) groups is 5. The predicted molar refractivity (Wildman–Crippen MR) is 203 cm³/mol. The van der Waals surface area contributed by atoms with Gasteiger partial charge < -0.3 is 33.6 Å². The van der Waals surface area contributed by atoms with E-state index in [1.165, 1.54) is 43.5 Å². The first kappa shape index (κ1) is 44.0. The summed E-state index contributed by atoms with van der Waals surface area (Å²) in [6, 6.07) is 4.38. The number of hydrogen-bond acceptors (Lipinski definition) is 14. The quantitative estimate of drug-likeness (QED) is 0.0264. The summed E-state index contributed by atoms with van der Waals surface area (Å²) in [5.74, 6) is -4.09. The molecule has 15 nitrogen and oxygen atoms in total. The lowest BCUT2D eigenvalue weighted by molar-refractivity contribution is -0.757. The van der Waals surface area contributed by atoms with E-state index in [9.17, 15) is 39.2 Å². The second kappa shape index (κ2) is 17.8. The van der Waals surface area contributed by atoms with Gasteiger partial charge in [0.15, 0.2) is 35.2 Å². The van der Waals surface area contributed by atoms with Crippen molar-refractivity contribution in [2.45, 2.75) is 103 Å². The first-order valence-corrected chi connectivity index (χ1v) is 19.6. The Morgan fingerprint density at radius 2 is 1.81 bits per heavy atom. The van der Waals surface area contributed by atoms with Gasteiger partial charge in [0.25, 0.3) is 5.09 Å². The lowest BCUT2D eigenvalue weighted by atomic mass is 9.45. The number of methoxy groups -OCH3 is 1. The molecule has 0 heterocycles. The molecule has 58 heavy (non-hydrogen) atoms. The number of esters is 2. The number of aliphatic hydroxyl groups is 1. The van der Waals surface area contributed by atoms with Crippen molar-refractivity contribution in [2.24, 2.45) is 28.6 Å². The molecule has 0 saturated heterocycles. The molecule has 1 unspecified atom stereocenters. The highest BCUT2D eigenvalue weighted by Gasteiger charge is 2.77. The molecule has 16 heteroatoms. The Morgan fingerprint density at radius 1 is 1.07 bits per heavy atom. The van der Waals surface area contributed by atoms with Crippen LogP contribution in [-0.2, 0) is 38.2 Å². The summed E-state index contributed by atoms with van der Waals surface area (Å²) >= 11 is 0. The van der Waals surface area contributed by atoms with Crippen LogP contribution in [0.25, 0.3) is 6.08 Å². The minimum atomic E-state index is -2.17. The van der Waals surface area contributed by atoms with Crippen LogP contribution in [0.3, 0.4) is 0 Å². The van der Waals surface area contributed by atoms with E-state index in [0.717, 1.165) is 0 Å². The molecule has 1 N–H and O–H groups in total. The topological polar surface area (TPSA) is 204 Å². The third-order valence-electron chi connectivity index (χ3n) is 12.7. The molecular formula is C42H52FNO14. The van der Waals surface area contributed by atoms with E-state index in [1.54, 1.807) is 26.8 Å². The molecule has 0 aromatic heterocycles. The summed E-state index contributed by atoms with van der Waals surface area (Å²) in [7, 11) is 1.33. The molecule has 0 amide bonds. The fourth-order valence-corrected chi connectivity index (χ4v) is 9.81. The summed E-state index contributed by atoms with van der Waals surface area (Å²) in [5.41, 5.74) is -5.47. The van der Waals surface area contributed by atoms with E-state index in [4.69, 9.17) is 23.7 Å². The number of nitrogens with zero attached hydrogens (tertiary/aromatic N) is 1. The van der Waals surface area contributed by atoms with Gasteiger partial charge in [0, 0.05) is 41.6 Å². The van der Waals surface area contributed by atoms with Crippen LogP contribution in [0.4, 0.5) is 9.18 Å². The Hall–Kier alpha value is -5.12. The zero-order valence-electron chi connectivity index (χ0n) is 33.5. The van der Waals surface area contributed by atoms with Crippen LogP contribution >= 0.6 is 0 Å². The maximum atomic E-state index is 17.8. The van der Waals surface area contributed by atoms with Gasteiger partial charge >= 0.3 is 18.1 Å². The van der Waals surface area contributed by atoms with Crippen molar-refractivity contribution in [3.8, 4) is 11.5 Å². The molecule has 316 valence electrons. The van der Waals surface area contributed by atoms with Crippen molar-refractivity contribution in [1.82, 2.24) is 0 Å². The fourth-order valence-electron chi connectivity index (χ4n) is 9.81. The van der Waals surface area contributed by atoms with Crippen molar-refractivity contribution < 1.29 is 67.1 Å². The van der Waals surface area contributed by atoms with Gasteiger partial charge in [0.05, 0.1) is 26.4 Å². The van der Waals surface area contributed by atoms with E-state index in [-0.39, 0.29) is 62.6 Å². The zero-order chi connectivity index (χ0) is 42.5. The molecule has 1 aromatic carbocycles. The number of halogens is 1. The molecule has 4 aliphatic rings. The standard InChI is InChI=1S/C42H52FNO14/c1-6-7-10-37(49)58-42(26(2)21-31-30-14-13-28-23-29(45)17-18-39(28,3)41(30,43)34(46)24-40(31,42)4)35(47)25-55-38(50)57-32-15-11-27(22-33(32)53-5)12-16-36(48)54-19-8-9-20-56-44(51)52/h11-13,15-18,22,26,30-31,34,46H,6-10,14,19-21,23-25H2,1-5H3/t26-,30?,31-,34-,39-,40-,41-,42-/m0/s1. The largest absolute Gasteiger partial charge is 0.514 e. The number of ketones is 2. The minimum Gasteiger partial charge on any atom is -0.493 e. The summed E-state index contributed by atoms with van der Waals surface area (Å²) < 4.78 is 45.2. The highest BCUT2D eigenvalue weighted by Crippen LogP contribution is 2.71. The number of hydrogen-bond donors (Lipinski definition) is 1. The summed E-state index contributed by atoms with van der Waals surface area (Å²) in [6.45, 7) is 6.18. The van der Waals surface area contributed by atoms with Crippen LogP contribution in [0.2, 0.25) is 0 Å². The number of carbonyl (C=O) groups excluding carboxylic acids is 5. The Bertz CT molecular complexity index is 1880. The van der Waals surface area contributed by atoms with Crippen LogP contribution in [0.1, 0.15) is 91.0 Å². The van der Waals surface area contributed by atoms with Crippen LogP contribution in [-0.4, -0.2) is 84.2 Å². The molecule has 0 radical (unpaired) electrons. The third kappa shape index (κ3) is 8.25. The lowest BCUT2D eigenvalue weighted by Gasteiger charge is -2.62. The van der Waals surface area contributed by atoms with E-state index in [1.807, 2.05) is 13.0 Å². The molecule has 0 bridgehead atoms. The molecule has 2 saturated carbocycles. The number of rotatable bonds is 17. The molecule has 5 rings (SSSR count). The highest BCUT2D eigenvalue weighted by molar-refractivity contribution is 5.94. The number of fused-ring (bicyclic) bond motifs is 5. The van der Waals surface area contributed by atoms with Crippen LogP contribution in [0.15, 0.2) is 48.1 Å². The highest BCUT2D eigenvalue weighted by atomic mass is 19.1. The van der Waals surface area contributed by atoms with Crippen molar-refractivity contribution in [1.29, 1.82) is 0 Å². The smallest absolute Gasteiger partial charge is 0.493 e. The predicted octanol–water partition coefficient (Wildman–Crippen LogP) is 6.41. The molecule has 2 fully saturated rings. The number of ether oxygens (including phenoxy) is 5. The SMILES string of the molecule is CCCCC(=O)O[C@]1(C(=O)COC(=O)Oc2ccc(C=CC(=O)OCCCCO[N+](=O)[O-])cc2OC)[C@@H](C)C[C@H]2C3CC=C4CC(=O)C=C[C@]4(C)[C@@]3(F)[C@@H](O)C[C@@]21C. The first-order chi connectivity index (χ1) is 27.5. The Kier molecular flexibility index (Phi) is 13.5. The average Bonchev–Trinajstić information content (AvgIpc) is 3.39. The van der Waals surface area contributed by atoms with Gasteiger partial charge in [-0.2, -0.15) is 0 Å². The number of allylic oxidation sites excluding steroid dienone is 4. The monoisotopic (exact) mass is 813 g/mol. The summed E-state index contributed by atoms with van der Waals surface area (Å²) in [6.07, 6.45) is 6.79. The molecule has 0 aliphatic heterocycles. The molecular weight excluding hydrogens is 761 g/mol. The second-order valence-corrected chi connectivity index (χ2v) is 16.0. The number of Topliss-reactive ketones (excluding diaryl/α,β-unsaturated/α-hetero) is 1. The van der Waals surface area contributed by atoms with Gasteiger partial charge in [-0.15, -0.1) is 10.1 Å². The number of aliphatic hydroxyl groups excluding tert-OH is 1. The molecule has 4 aliphatic carbocycles. The van der Waals surface area contributed by atoms with E-state index in [2.05, 4.69) is 4.84 Å². The van der Waals surface area contributed by atoms with Gasteiger partial charge in [-0.3, -0.25) is 14.4 Å². The van der Waals surface area contributed by atoms with E-state index >= 15 is 4.39 Å². The fraction of sp³-hybridized carbons (Fsp3) is 0.595. The summed E-state index contributed by atoms with van der Waals surface area (Å²) in [4.78, 5) is 79.9. The third-order valence-corrected chi connectivity index (χ3v) is 12.7. The molecule has 8 atom stereocenters. The van der Waals surface area contributed by atoms with Crippen LogP contribution in [0.5, 0.6) is 11.5 Å². The van der Waals surface area contributed by atoms with Gasteiger partial charge in [0.1, 0.15) is 0 Å². The summed E-state index contributed by atoms with van der Waals surface area (Å²) in [5, 5.41) is 21.2. The molecule has 0 spiro atoms. The lowest BCUT2D eigenvalue weighted by Crippen LogP contribution is -2.69. The maximum Gasteiger partial charge on any atom is 0.514 e. The number of unbranched alkanes of at least 4 members (excludes halogenated alkanes) is 2. The van der Waals surface area contributed by atoms with Crippen molar-refractivity contribution in [2.75, 3.05) is 26.9 Å². The second-order valence-electron chi connectivity index (χ2n) is 16.0. The normalized spacial score (nSPS) is 30.9. The minimum absolute atomic E-state index is 0.0275. The van der Waals surface area contributed by atoms with Crippen LogP contribution < -0.4 is 9.47 Å². The van der Waals surface area contributed by atoms with Crippen molar-refractivity contribution in [3.63, 3.8) is 0 Å². The Morgan fingerprint density at radius 3 is 2.52 bits per heavy atom. The zero-order valence-corrected chi connectivity index (χ0v) is 33.5. The number of alkyl halides is 1. The van der Waals surface area contributed by atoms with Gasteiger partial charge in [-0.05, 0) is 81.2 Å². The number of benzene rings is 1. The van der Waals surface area contributed by atoms with Gasteiger partial charge in [-0.1, -0.05) is 51.0 Å².